The van der Waals surface area contributed by atoms with Crippen LogP contribution in [0.1, 0.15) is 28.2 Å². The first-order chi connectivity index (χ1) is 9.08. The molecule has 3 nitrogen and oxygen atoms in total. The summed E-state index contributed by atoms with van der Waals surface area (Å²) in [5.41, 5.74) is 7.18. The van der Waals surface area contributed by atoms with E-state index in [0.29, 0.717) is 6.54 Å². The van der Waals surface area contributed by atoms with Crippen LogP contribution in [0.5, 0.6) is 0 Å². The van der Waals surface area contributed by atoms with Gasteiger partial charge in [-0.2, -0.15) is 0 Å². The third-order valence-electron chi connectivity index (χ3n) is 4.12. The molecule has 0 atom stereocenters. The van der Waals surface area contributed by atoms with Crippen LogP contribution in [0.3, 0.4) is 0 Å². The van der Waals surface area contributed by atoms with E-state index in [-0.39, 0.29) is 0 Å². The molecule has 4 heteroatoms. The van der Waals surface area contributed by atoms with Crippen LogP contribution in [-0.4, -0.2) is 43.5 Å². The summed E-state index contributed by atoms with van der Waals surface area (Å²) < 4.78 is 0. The van der Waals surface area contributed by atoms with E-state index in [9.17, 15) is 0 Å². The van der Waals surface area contributed by atoms with Crippen molar-refractivity contribution < 1.29 is 0 Å². The van der Waals surface area contributed by atoms with Gasteiger partial charge in [-0.25, -0.2) is 0 Å². The molecule has 19 heavy (non-hydrogen) atoms. The maximum absolute atomic E-state index is 5.72. The third kappa shape index (κ3) is 4.28. The van der Waals surface area contributed by atoms with E-state index >= 15 is 0 Å². The molecule has 1 aliphatic heterocycles. The van der Waals surface area contributed by atoms with E-state index in [1.54, 1.807) is 0 Å². The van der Waals surface area contributed by atoms with E-state index in [1.807, 2.05) is 11.3 Å². The average molecular weight is 281 g/mol. The second-order valence-corrected chi connectivity index (χ2v) is 7.28. The molecule has 1 aliphatic rings. The van der Waals surface area contributed by atoms with Crippen LogP contribution in [0.15, 0.2) is 6.07 Å². The van der Waals surface area contributed by atoms with E-state index in [1.165, 1.54) is 47.8 Å². The van der Waals surface area contributed by atoms with E-state index in [4.69, 9.17) is 5.73 Å². The van der Waals surface area contributed by atoms with Crippen molar-refractivity contribution in [2.45, 2.75) is 32.9 Å². The van der Waals surface area contributed by atoms with Crippen molar-refractivity contribution in [3.8, 4) is 0 Å². The van der Waals surface area contributed by atoms with Gasteiger partial charge in [0.2, 0.25) is 0 Å². The number of hydrogen-bond acceptors (Lipinski definition) is 4. The fourth-order valence-electron chi connectivity index (χ4n) is 2.89. The maximum Gasteiger partial charge on any atom is 0.0274 e. The van der Waals surface area contributed by atoms with Gasteiger partial charge in [-0.05, 0) is 64.5 Å². The number of nitrogens with zero attached hydrogens (tertiary/aromatic N) is 2. The van der Waals surface area contributed by atoms with Crippen molar-refractivity contribution >= 4 is 11.3 Å². The molecule has 0 amide bonds. The Kier molecular flexibility index (Phi) is 5.39. The lowest BCUT2D eigenvalue weighted by Crippen LogP contribution is -2.35. The molecule has 0 spiro atoms. The second-order valence-electron chi connectivity index (χ2n) is 5.94. The Morgan fingerprint density at radius 1 is 1.42 bits per heavy atom. The van der Waals surface area contributed by atoms with Gasteiger partial charge in [0, 0.05) is 29.4 Å². The summed E-state index contributed by atoms with van der Waals surface area (Å²) in [5.74, 6) is 0.870. The van der Waals surface area contributed by atoms with Crippen molar-refractivity contribution in [3.63, 3.8) is 0 Å². The molecule has 0 bridgehead atoms. The zero-order valence-corrected chi connectivity index (χ0v) is 13.3. The molecule has 1 saturated heterocycles. The predicted molar refractivity (Wildman–Crippen MR) is 83.5 cm³/mol. The molecule has 2 rings (SSSR count). The highest BCUT2D eigenvalue weighted by Gasteiger charge is 2.18. The molecular weight excluding hydrogens is 254 g/mol. The van der Waals surface area contributed by atoms with Crippen LogP contribution in [0.2, 0.25) is 0 Å². The van der Waals surface area contributed by atoms with Crippen molar-refractivity contribution in [1.29, 1.82) is 0 Å². The Morgan fingerprint density at radius 2 is 2.11 bits per heavy atom. The van der Waals surface area contributed by atoms with Gasteiger partial charge in [-0.1, -0.05) is 0 Å². The van der Waals surface area contributed by atoms with Gasteiger partial charge in [-0.15, -0.1) is 11.3 Å². The first-order valence-corrected chi connectivity index (χ1v) is 8.05. The van der Waals surface area contributed by atoms with E-state index in [0.717, 1.165) is 12.5 Å². The highest BCUT2D eigenvalue weighted by Crippen LogP contribution is 2.23. The van der Waals surface area contributed by atoms with Gasteiger partial charge in [-0.3, -0.25) is 0 Å². The monoisotopic (exact) mass is 281 g/mol. The zero-order valence-electron chi connectivity index (χ0n) is 12.5. The predicted octanol–water partition coefficient (Wildman–Crippen LogP) is 2.29. The molecule has 0 radical (unpaired) electrons. The van der Waals surface area contributed by atoms with Crippen LogP contribution in [0.4, 0.5) is 0 Å². The van der Waals surface area contributed by atoms with Crippen LogP contribution in [0, 0.1) is 12.8 Å². The molecule has 108 valence electrons. The quantitative estimate of drug-likeness (QED) is 0.899. The zero-order chi connectivity index (χ0) is 13.8. The first-order valence-electron chi connectivity index (χ1n) is 7.24. The second kappa shape index (κ2) is 6.84. The summed E-state index contributed by atoms with van der Waals surface area (Å²) in [6.07, 6.45) is 2.69. The summed E-state index contributed by atoms with van der Waals surface area (Å²) >= 11 is 1.84. The van der Waals surface area contributed by atoms with Crippen LogP contribution in [0.25, 0.3) is 0 Å². The molecule has 2 N–H and O–H groups in total. The fraction of sp³-hybridized carbons (Fsp3) is 0.733. The maximum atomic E-state index is 5.72. The van der Waals surface area contributed by atoms with Crippen LogP contribution >= 0.6 is 11.3 Å². The number of hydrogen-bond donors (Lipinski definition) is 1. The summed E-state index contributed by atoms with van der Waals surface area (Å²) in [4.78, 5) is 7.65. The highest BCUT2D eigenvalue weighted by molar-refractivity contribution is 7.12. The topological polar surface area (TPSA) is 32.5 Å². The van der Waals surface area contributed by atoms with Gasteiger partial charge >= 0.3 is 0 Å². The molecule has 0 aromatic carbocycles. The van der Waals surface area contributed by atoms with Crippen molar-refractivity contribution in [3.05, 3.63) is 21.4 Å². The number of rotatable bonds is 5. The van der Waals surface area contributed by atoms with Crippen molar-refractivity contribution in [2.75, 3.05) is 33.7 Å². The summed E-state index contributed by atoms with van der Waals surface area (Å²) in [5, 5.41) is 0. The Bertz CT molecular complexity index is 394. The van der Waals surface area contributed by atoms with Gasteiger partial charge in [0.05, 0.1) is 0 Å². The number of thiophene rings is 1. The van der Waals surface area contributed by atoms with Gasteiger partial charge in [0.15, 0.2) is 0 Å². The minimum Gasteiger partial charge on any atom is -0.326 e. The van der Waals surface area contributed by atoms with E-state index < -0.39 is 0 Å². The largest absolute Gasteiger partial charge is 0.326 e. The Balaban J connectivity index is 1.83. The summed E-state index contributed by atoms with van der Waals surface area (Å²) in [7, 11) is 4.47. The van der Waals surface area contributed by atoms with E-state index in [2.05, 4.69) is 36.9 Å². The minimum absolute atomic E-state index is 0.671. The minimum atomic E-state index is 0.671. The molecule has 2 heterocycles. The van der Waals surface area contributed by atoms with Gasteiger partial charge < -0.3 is 15.5 Å². The standard InChI is InChI=1S/C15H27N3S/c1-12-14(8-15(9-16)19-12)11-18(3)10-13-4-6-17(2)7-5-13/h8,13H,4-7,9-11,16H2,1-3H3. The highest BCUT2D eigenvalue weighted by atomic mass is 32.1. The molecule has 1 aromatic heterocycles. The normalized spacial score (nSPS) is 18.4. The fourth-order valence-corrected chi connectivity index (χ4v) is 3.82. The van der Waals surface area contributed by atoms with Crippen LogP contribution in [-0.2, 0) is 13.1 Å². The molecule has 0 aliphatic carbocycles. The average Bonchev–Trinajstić information content (AvgIpc) is 2.73. The molecule has 0 unspecified atom stereocenters. The van der Waals surface area contributed by atoms with Crippen molar-refractivity contribution in [1.82, 2.24) is 9.80 Å². The van der Waals surface area contributed by atoms with Gasteiger partial charge in [0.1, 0.15) is 0 Å². The lowest BCUT2D eigenvalue weighted by molar-refractivity contribution is 0.173. The number of piperidine rings is 1. The smallest absolute Gasteiger partial charge is 0.0274 e. The third-order valence-corrected chi connectivity index (χ3v) is 5.24. The Hall–Kier alpha value is -0.420. The first kappa shape index (κ1) is 15.0. The molecular formula is C15H27N3S. The molecule has 1 fully saturated rings. The number of nitrogens with two attached hydrogens (primary N) is 1. The molecule has 0 saturated carbocycles. The lowest BCUT2D eigenvalue weighted by atomic mass is 9.96. The molecule has 1 aromatic rings. The Morgan fingerprint density at radius 3 is 2.68 bits per heavy atom. The number of aryl methyl sites for hydroxylation is 1. The Labute approximate surface area is 121 Å². The van der Waals surface area contributed by atoms with Crippen LogP contribution < -0.4 is 5.73 Å². The summed E-state index contributed by atoms with van der Waals surface area (Å²) in [6.45, 7) is 7.68. The van der Waals surface area contributed by atoms with Gasteiger partial charge in [0.25, 0.3) is 0 Å². The lowest BCUT2D eigenvalue weighted by Gasteiger charge is -2.31. The number of likely N-dealkylation sites (tertiary alicyclic amines) is 1. The van der Waals surface area contributed by atoms with Crippen molar-refractivity contribution in [2.24, 2.45) is 11.7 Å². The summed E-state index contributed by atoms with van der Waals surface area (Å²) in [6, 6.07) is 2.28. The SMILES string of the molecule is Cc1sc(CN)cc1CN(C)CC1CCN(C)CC1.